The molecule has 0 aliphatic carbocycles. The number of hydrogen-bond donors (Lipinski definition) is 0. The minimum Gasteiger partial charge on any atom is -0.373 e. The Morgan fingerprint density at radius 2 is 0.737 bits per heavy atom. The molecule has 0 fully saturated rings. The average Bonchev–Trinajstić information content (AvgIpc) is 2.79. The largest absolute Gasteiger partial charge is 0.536 e. The first-order valence-corrected chi connectivity index (χ1v) is 10.8. The summed E-state index contributed by atoms with van der Waals surface area (Å²) in [6.45, 7) is 0. The summed E-state index contributed by atoms with van der Waals surface area (Å²) in [6.07, 6.45) is -7.80. The van der Waals surface area contributed by atoms with E-state index in [4.69, 9.17) is 13.3 Å². The number of rotatable bonds is 11. The van der Waals surface area contributed by atoms with Crippen LogP contribution in [0.2, 0.25) is 0 Å². The molecular weight excluding hydrogens is 603 g/mol. The minimum atomic E-state index is -8.67. The van der Waals surface area contributed by atoms with Gasteiger partial charge in [-0.05, 0) is 0 Å². The van der Waals surface area contributed by atoms with Crippen molar-refractivity contribution in [1.82, 2.24) is 0 Å². The molecule has 3 nitrogen and oxygen atoms in total. The second-order valence-electron chi connectivity index (χ2n) is 7.26. The van der Waals surface area contributed by atoms with Gasteiger partial charge < -0.3 is 13.3 Å². The molecule has 0 unspecified atom stereocenters. The topological polar surface area (TPSA) is 27.7 Å². The molecule has 1 aromatic carbocycles. The molecule has 38 heavy (non-hydrogen) atoms. The maximum atomic E-state index is 14.3. The quantitative estimate of drug-likeness (QED) is 0.218. The lowest BCUT2D eigenvalue weighted by molar-refractivity contribution is -0.462. The van der Waals surface area contributed by atoms with E-state index < -0.39 is 62.0 Å². The predicted molar refractivity (Wildman–Crippen MR) is 92.5 cm³/mol. The van der Waals surface area contributed by atoms with Crippen molar-refractivity contribution in [2.75, 3.05) is 21.3 Å². The molecule has 0 spiro atoms. The number of halogens is 17. The zero-order valence-corrected chi connectivity index (χ0v) is 19.5. The van der Waals surface area contributed by atoms with E-state index >= 15 is 0 Å². The van der Waals surface area contributed by atoms with Gasteiger partial charge >= 0.3 is 56.4 Å². The van der Waals surface area contributed by atoms with E-state index in [1.165, 1.54) is 0 Å². The minimum absolute atomic E-state index is 0.166. The fourth-order valence-electron chi connectivity index (χ4n) is 2.83. The van der Waals surface area contributed by atoms with Crippen LogP contribution in [-0.2, 0) is 19.2 Å². The van der Waals surface area contributed by atoms with Crippen molar-refractivity contribution in [3.63, 3.8) is 0 Å². The SMILES string of the molecule is CO[Si](OC)(OC)c1ccc(C(F)(F)C(F)(F)C(F)(F)C(F)(F)C(F)(F)C(F)(F)C(F)(F)C(F)(F)F)cc1. The summed E-state index contributed by atoms with van der Waals surface area (Å²) in [5, 5.41) is -0.342. The average molecular weight is 616 g/mol. The summed E-state index contributed by atoms with van der Waals surface area (Å²) in [7, 11) is -1.05. The van der Waals surface area contributed by atoms with Gasteiger partial charge in [0, 0.05) is 32.1 Å². The fourth-order valence-corrected chi connectivity index (χ4v) is 4.61. The number of alkyl halides is 17. The van der Waals surface area contributed by atoms with Crippen molar-refractivity contribution in [1.29, 1.82) is 0 Å². The Labute approximate surface area is 201 Å². The lowest BCUT2D eigenvalue weighted by atomic mass is 9.87. The van der Waals surface area contributed by atoms with Crippen LogP contribution < -0.4 is 5.19 Å². The Hall–Kier alpha value is -1.87. The van der Waals surface area contributed by atoms with Crippen LogP contribution >= 0.6 is 0 Å². The molecule has 0 atom stereocenters. The first-order valence-electron chi connectivity index (χ1n) is 9.12. The summed E-state index contributed by atoms with van der Waals surface area (Å²) in [6, 6.07) is 0.456. The second kappa shape index (κ2) is 9.65. The Morgan fingerprint density at radius 3 is 1.03 bits per heavy atom. The van der Waals surface area contributed by atoms with Gasteiger partial charge in [-0.2, -0.15) is 74.6 Å². The van der Waals surface area contributed by atoms with Crippen LogP contribution in [0.25, 0.3) is 0 Å². The molecule has 1 rings (SSSR count). The van der Waals surface area contributed by atoms with Crippen molar-refractivity contribution >= 4 is 14.0 Å². The zero-order chi connectivity index (χ0) is 30.6. The van der Waals surface area contributed by atoms with Gasteiger partial charge in [0.05, 0.1) is 0 Å². The van der Waals surface area contributed by atoms with Gasteiger partial charge in [-0.1, -0.05) is 24.3 Å². The van der Waals surface area contributed by atoms with Gasteiger partial charge in [-0.15, -0.1) is 0 Å². The van der Waals surface area contributed by atoms with Crippen molar-refractivity contribution in [3.05, 3.63) is 29.8 Å². The smallest absolute Gasteiger partial charge is 0.373 e. The van der Waals surface area contributed by atoms with Crippen molar-refractivity contribution in [3.8, 4) is 0 Å². The predicted octanol–water partition coefficient (Wildman–Crippen LogP) is 6.24. The van der Waals surface area contributed by atoms with E-state index in [0.717, 1.165) is 21.3 Å². The third-order valence-corrected chi connectivity index (χ3v) is 7.78. The molecule has 0 radical (unpaired) electrons. The lowest BCUT2D eigenvalue weighted by Gasteiger charge is -2.42. The zero-order valence-electron chi connectivity index (χ0n) is 18.5. The van der Waals surface area contributed by atoms with Crippen molar-refractivity contribution in [2.45, 2.75) is 47.6 Å². The van der Waals surface area contributed by atoms with Crippen LogP contribution in [0, 0.1) is 0 Å². The molecule has 1 aromatic rings. The van der Waals surface area contributed by atoms with Crippen LogP contribution in [-0.4, -0.2) is 71.8 Å². The van der Waals surface area contributed by atoms with E-state index in [1.54, 1.807) is 0 Å². The van der Waals surface area contributed by atoms with Gasteiger partial charge in [0.15, 0.2) is 0 Å². The Morgan fingerprint density at radius 1 is 0.447 bits per heavy atom. The summed E-state index contributed by atoms with van der Waals surface area (Å²) in [5.74, 6) is -56.9. The highest BCUT2D eigenvalue weighted by atomic mass is 28.4. The first kappa shape index (κ1) is 34.2. The Bertz CT molecular complexity index is 963. The highest BCUT2D eigenvalue weighted by Gasteiger charge is 2.95. The summed E-state index contributed by atoms with van der Waals surface area (Å²) in [5.41, 5.74) is -2.34. The molecule has 0 amide bonds. The maximum Gasteiger partial charge on any atom is 0.536 e. The monoisotopic (exact) mass is 616 g/mol. The molecule has 0 heterocycles. The molecular formula is C17H13F17O3Si. The van der Waals surface area contributed by atoms with Crippen LogP contribution in [0.4, 0.5) is 74.6 Å². The highest BCUT2D eigenvalue weighted by molar-refractivity contribution is 6.75. The van der Waals surface area contributed by atoms with Gasteiger partial charge in [0.2, 0.25) is 0 Å². The second-order valence-corrected chi connectivity index (χ2v) is 10.2. The van der Waals surface area contributed by atoms with Crippen LogP contribution in [0.15, 0.2) is 24.3 Å². The number of hydrogen-bond acceptors (Lipinski definition) is 3. The maximum absolute atomic E-state index is 14.3. The number of benzene rings is 1. The summed E-state index contributed by atoms with van der Waals surface area (Å²) >= 11 is 0. The standard InChI is InChI=1S/C17H13F17O3Si/c1-35-38(36-2,37-3)9-6-4-8(5-7-9)10(18,19)11(20,21)12(22,23)13(24,25)14(26,27)15(28,29)16(30,31)17(32,33)34/h4-7H,1-3H3. The molecule has 21 heteroatoms. The van der Waals surface area contributed by atoms with Crippen LogP contribution in [0.5, 0.6) is 0 Å². The Kier molecular flexibility index (Phi) is 8.67. The van der Waals surface area contributed by atoms with Gasteiger partial charge in [-0.25, -0.2) is 0 Å². The normalized spacial score (nSPS) is 15.7. The van der Waals surface area contributed by atoms with E-state index in [9.17, 15) is 74.6 Å². The van der Waals surface area contributed by atoms with Crippen LogP contribution in [0.3, 0.4) is 0 Å². The molecule has 0 aliphatic heterocycles. The van der Waals surface area contributed by atoms with E-state index in [2.05, 4.69) is 0 Å². The lowest BCUT2D eigenvalue weighted by Crippen LogP contribution is -2.74. The molecule has 222 valence electrons. The summed E-state index contributed by atoms with van der Waals surface area (Å²) in [4.78, 5) is 0. The molecule has 0 aliphatic rings. The highest BCUT2D eigenvalue weighted by Crippen LogP contribution is 2.65. The fraction of sp³-hybridized carbons (Fsp3) is 0.647. The first-order chi connectivity index (χ1) is 16.6. The molecule has 0 N–H and O–H groups in total. The van der Waals surface area contributed by atoms with E-state index in [0.29, 0.717) is 12.1 Å². The third-order valence-electron chi connectivity index (χ3n) is 5.13. The Balaban J connectivity index is 3.69. The molecule has 0 saturated carbocycles. The molecule has 0 bridgehead atoms. The molecule has 0 saturated heterocycles. The van der Waals surface area contributed by atoms with Gasteiger partial charge in [-0.3, -0.25) is 0 Å². The summed E-state index contributed by atoms with van der Waals surface area (Å²) < 4.78 is 242. The van der Waals surface area contributed by atoms with Crippen molar-refractivity contribution in [2.24, 2.45) is 0 Å². The van der Waals surface area contributed by atoms with Gasteiger partial charge in [0.25, 0.3) is 0 Å². The van der Waals surface area contributed by atoms with Crippen LogP contribution in [0.1, 0.15) is 5.56 Å². The van der Waals surface area contributed by atoms with E-state index in [1.807, 2.05) is 0 Å². The molecule has 0 aromatic heterocycles. The van der Waals surface area contributed by atoms with Gasteiger partial charge in [0.1, 0.15) is 0 Å². The van der Waals surface area contributed by atoms with Crippen molar-refractivity contribution < 1.29 is 87.9 Å². The third kappa shape index (κ3) is 4.41. The van der Waals surface area contributed by atoms with E-state index in [-0.39, 0.29) is 17.3 Å².